The average molecular weight is 488 g/mol. The second kappa shape index (κ2) is 14.6. The molecule has 0 aliphatic rings. The van der Waals surface area contributed by atoms with Gasteiger partial charge in [-0.25, -0.2) is 12.8 Å². The maximum atomic E-state index is 12.9. The molecule has 7 nitrogen and oxygen atoms in total. The van der Waals surface area contributed by atoms with E-state index in [2.05, 4.69) is 12.2 Å². The van der Waals surface area contributed by atoms with Gasteiger partial charge in [0.2, 0.25) is 0 Å². The summed E-state index contributed by atoms with van der Waals surface area (Å²) in [6.45, 7) is 1.07. The highest BCUT2D eigenvalue weighted by molar-refractivity contribution is 7.90. The highest BCUT2D eigenvalue weighted by Crippen LogP contribution is 2.20. The maximum Gasteiger partial charge on any atom is 0.303 e. The van der Waals surface area contributed by atoms with Gasteiger partial charge in [0.15, 0.2) is 14.7 Å². The zero-order chi connectivity index (χ0) is 23.3. The van der Waals surface area contributed by atoms with Crippen LogP contribution in [0.1, 0.15) is 50.7 Å². The Morgan fingerprint density at radius 2 is 1.70 bits per heavy atom. The first-order valence-electron chi connectivity index (χ1n) is 9.28. The van der Waals surface area contributed by atoms with Gasteiger partial charge in [-0.3, -0.25) is 9.59 Å². The molecule has 172 valence electrons. The Bertz CT molecular complexity index is 759. The number of carboxylic acid groups (broad SMARTS) is 1. The van der Waals surface area contributed by atoms with Crippen LogP contribution in [0.15, 0.2) is 29.2 Å². The summed E-state index contributed by atoms with van der Waals surface area (Å²) in [5, 5.41) is 20.4. The summed E-state index contributed by atoms with van der Waals surface area (Å²) in [6, 6.07) is 4.03. The van der Waals surface area contributed by atoms with E-state index in [1.807, 2.05) is 0 Å². The van der Waals surface area contributed by atoms with Crippen molar-refractivity contribution in [1.82, 2.24) is 5.32 Å². The number of amides is 1. The summed E-state index contributed by atoms with van der Waals surface area (Å²) >= 11 is 10.7. The van der Waals surface area contributed by atoms with Crippen molar-refractivity contribution in [2.24, 2.45) is 0 Å². The highest BCUT2D eigenvalue weighted by atomic mass is 35.5. The molecule has 0 bridgehead atoms. The molecule has 3 N–H and O–H groups in total. The molecule has 1 aromatic rings. The van der Waals surface area contributed by atoms with Gasteiger partial charge in [0.1, 0.15) is 12.8 Å². The number of hydrogen-bond donors (Lipinski definition) is 3. The van der Waals surface area contributed by atoms with Crippen LogP contribution in [0.5, 0.6) is 0 Å². The second-order valence-corrected chi connectivity index (χ2v) is 9.67. The number of halogens is 3. The Hall–Kier alpha value is -1.42. The normalized spacial score (nSPS) is 13.2. The van der Waals surface area contributed by atoms with E-state index in [1.165, 1.54) is 30.7 Å². The molecule has 2 atom stereocenters. The first-order valence-corrected chi connectivity index (χ1v) is 12.0. The van der Waals surface area contributed by atoms with Gasteiger partial charge < -0.3 is 15.5 Å². The molecular formula is C19H28Cl2FNO6S. The smallest absolute Gasteiger partial charge is 0.303 e. The van der Waals surface area contributed by atoms with E-state index >= 15 is 0 Å². The number of rotatable bonds is 11. The van der Waals surface area contributed by atoms with E-state index < -0.39 is 45.4 Å². The third kappa shape index (κ3) is 11.7. The molecule has 0 heterocycles. The van der Waals surface area contributed by atoms with E-state index in [4.69, 9.17) is 28.3 Å². The van der Waals surface area contributed by atoms with Crippen molar-refractivity contribution in [3.8, 4) is 0 Å². The van der Waals surface area contributed by atoms with Crippen molar-refractivity contribution in [1.29, 1.82) is 0 Å². The number of carboxylic acids is 1. The summed E-state index contributed by atoms with van der Waals surface area (Å²) in [6.07, 6.45) is 4.24. The third-order valence-corrected chi connectivity index (χ3v) is 5.49. The lowest BCUT2D eigenvalue weighted by molar-refractivity contribution is -0.137. The van der Waals surface area contributed by atoms with Gasteiger partial charge in [-0.1, -0.05) is 61.5 Å². The van der Waals surface area contributed by atoms with Crippen LogP contribution in [-0.4, -0.2) is 54.3 Å². The largest absolute Gasteiger partial charge is 0.481 e. The molecule has 0 saturated heterocycles. The van der Waals surface area contributed by atoms with Gasteiger partial charge >= 0.3 is 5.97 Å². The second-order valence-electron chi connectivity index (χ2n) is 6.56. The van der Waals surface area contributed by atoms with Gasteiger partial charge in [-0.05, 0) is 24.1 Å². The fourth-order valence-corrected chi connectivity index (χ4v) is 3.05. The number of sulfone groups is 1. The molecule has 0 spiro atoms. The quantitative estimate of drug-likeness (QED) is 0.324. The monoisotopic (exact) mass is 487 g/mol. The van der Waals surface area contributed by atoms with Crippen molar-refractivity contribution >= 4 is 44.9 Å². The Morgan fingerprint density at radius 1 is 1.13 bits per heavy atom. The van der Waals surface area contributed by atoms with Crippen LogP contribution < -0.4 is 5.32 Å². The van der Waals surface area contributed by atoms with Crippen molar-refractivity contribution in [3.63, 3.8) is 0 Å². The molecule has 30 heavy (non-hydrogen) atoms. The first-order chi connectivity index (χ1) is 13.9. The number of carbonyl (C=O) groups excluding carboxylic acids is 1. The van der Waals surface area contributed by atoms with E-state index in [0.717, 1.165) is 25.5 Å². The predicted molar refractivity (Wildman–Crippen MR) is 114 cm³/mol. The highest BCUT2D eigenvalue weighted by Gasteiger charge is 2.25. The van der Waals surface area contributed by atoms with Crippen molar-refractivity contribution in [3.05, 3.63) is 29.8 Å². The minimum Gasteiger partial charge on any atom is -0.481 e. The van der Waals surface area contributed by atoms with Gasteiger partial charge in [0.25, 0.3) is 5.91 Å². The molecule has 0 aliphatic heterocycles. The van der Waals surface area contributed by atoms with Gasteiger partial charge in [-0.15, -0.1) is 0 Å². The Labute approximate surface area is 186 Å². The third-order valence-electron chi connectivity index (χ3n) is 3.97. The zero-order valence-electron chi connectivity index (χ0n) is 16.9. The number of alkyl halides is 3. The predicted octanol–water partition coefficient (Wildman–Crippen LogP) is 3.42. The minimum atomic E-state index is -3.36. The number of benzene rings is 1. The number of nitrogens with one attached hydrogen (secondary N) is 1. The number of unbranched alkanes of at least 4 members (excludes halogenated alkanes) is 3. The van der Waals surface area contributed by atoms with E-state index in [9.17, 15) is 27.5 Å². The van der Waals surface area contributed by atoms with Gasteiger partial charge in [0, 0.05) is 12.7 Å². The van der Waals surface area contributed by atoms with Crippen LogP contribution >= 0.6 is 23.2 Å². The summed E-state index contributed by atoms with van der Waals surface area (Å²) in [5.41, 5.74) is 0.256. The van der Waals surface area contributed by atoms with Crippen LogP contribution in [0.25, 0.3) is 0 Å². The Balaban J connectivity index is 0.000000787. The standard InChI is InChI=1S/C12H14Cl2FNO4S.C7H14O2/c1-21(19,20)8-4-2-7(3-5-8)10(17)9(6-15)16-12(18)11(13)14;1-2-3-4-5-6-7(8)9/h2-5,9-11,17H,6H2,1H3,(H,16,18);2-6H2,1H3,(H,8,9)/t9-,10-;/m1./s1. The molecule has 1 amide bonds. The minimum absolute atomic E-state index is 0.0702. The molecule has 11 heteroatoms. The topological polar surface area (TPSA) is 121 Å². The van der Waals surface area contributed by atoms with E-state index in [-0.39, 0.29) is 10.5 Å². The number of aliphatic carboxylic acids is 1. The van der Waals surface area contributed by atoms with Crippen LogP contribution in [0, 0.1) is 0 Å². The molecule has 0 fully saturated rings. The molecule has 1 aromatic carbocycles. The van der Waals surface area contributed by atoms with E-state index in [1.54, 1.807) is 0 Å². The SMILES string of the molecule is CCCCCCC(=O)O.CS(=O)(=O)c1ccc([C@@H](O)[C@@H](CF)NC(=O)C(Cl)Cl)cc1. The fraction of sp³-hybridized carbons (Fsp3) is 0.579. The molecular weight excluding hydrogens is 460 g/mol. The maximum absolute atomic E-state index is 12.9. The molecule has 1 rings (SSSR count). The number of aliphatic hydroxyl groups is 1. The summed E-state index contributed by atoms with van der Waals surface area (Å²) < 4.78 is 35.6. The zero-order valence-corrected chi connectivity index (χ0v) is 19.2. The lowest BCUT2D eigenvalue weighted by atomic mass is 10.0. The first kappa shape index (κ1) is 28.6. The number of carbonyl (C=O) groups is 2. The average Bonchev–Trinajstić information content (AvgIpc) is 2.68. The van der Waals surface area contributed by atoms with Crippen LogP contribution in [-0.2, 0) is 19.4 Å². The lowest BCUT2D eigenvalue weighted by Crippen LogP contribution is -2.43. The van der Waals surface area contributed by atoms with Crippen molar-refractivity contribution < 1.29 is 32.6 Å². The molecule has 0 radical (unpaired) electrons. The van der Waals surface area contributed by atoms with E-state index in [0.29, 0.717) is 6.42 Å². The molecule has 0 saturated carbocycles. The molecule has 0 aliphatic carbocycles. The van der Waals surface area contributed by atoms with Crippen LogP contribution in [0.4, 0.5) is 4.39 Å². The molecule has 0 aromatic heterocycles. The Kier molecular flexibility index (Phi) is 13.9. The van der Waals surface area contributed by atoms with Crippen LogP contribution in [0.2, 0.25) is 0 Å². The summed E-state index contributed by atoms with van der Waals surface area (Å²) in [5.74, 6) is -1.50. The lowest BCUT2D eigenvalue weighted by Gasteiger charge is -2.22. The summed E-state index contributed by atoms with van der Waals surface area (Å²) in [4.78, 5) is 20.0. The van der Waals surface area contributed by atoms with Gasteiger partial charge in [0.05, 0.1) is 10.9 Å². The van der Waals surface area contributed by atoms with Gasteiger partial charge in [-0.2, -0.15) is 0 Å². The Morgan fingerprint density at radius 3 is 2.10 bits per heavy atom. The molecule has 0 unspecified atom stereocenters. The number of aliphatic hydroxyl groups excluding tert-OH is 1. The fourth-order valence-electron chi connectivity index (χ4n) is 2.30. The van der Waals surface area contributed by atoms with Crippen molar-refractivity contribution in [2.45, 2.75) is 60.9 Å². The number of hydrogen-bond acceptors (Lipinski definition) is 5. The van der Waals surface area contributed by atoms with Crippen molar-refractivity contribution in [2.75, 3.05) is 12.9 Å². The summed E-state index contributed by atoms with van der Waals surface area (Å²) in [7, 11) is -3.36. The van der Waals surface area contributed by atoms with Crippen LogP contribution in [0.3, 0.4) is 0 Å².